The van der Waals surface area contributed by atoms with E-state index >= 15 is 0 Å². The molecule has 5 heteroatoms. The molecular weight excluding hydrogens is 256 g/mol. The molecule has 0 bridgehead atoms. The van der Waals surface area contributed by atoms with Gasteiger partial charge in [-0.05, 0) is 31.0 Å². The van der Waals surface area contributed by atoms with Crippen molar-refractivity contribution < 1.29 is 5.11 Å². The van der Waals surface area contributed by atoms with Crippen LogP contribution in [0.15, 0.2) is 18.2 Å². The van der Waals surface area contributed by atoms with Crippen molar-refractivity contribution in [3.05, 3.63) is 28.8 Å². The average molecular weight is 271 g/mol. The van der Waals surface area contributed by atoms with Crippen LogP contribution in [0.25, 0.3) is 0 Å². The molecule has 3 N–H and O–H groups in total. The van der Waals surface area contributed by atoms with Gasteiger partial charge in [0.25, 0.3) is 0 Å². The van der Waals surface area contributed by atoms with Gasteiger partial charge in [0.1, 0.15) is 4.99 Å². The molecule has 92 valence electrons. The Hall–Kier alpha value is -0.840. The first-order valence-corrected chi connectivity index (χ1v) is 6.39. The summed E-state index contributed by atoms with van der Waals surface area (Å²) in [6.07, 6.45) is 1.37. The van der Waals surface area contributed by atoms with Crippen molar-refractivity contribution in [2.75, 3.05) is 18.0 Å². The van der Waals surface area contributed by atoms with Crippen LogP contribution in [-0.4, -0.2) is 29.3 Å². The second kappa shape index (κ2) is 5.21. The van der Waals surface area contributed by atoms with E-state index in [4.69, 9.17) is 29.6 Å². The van der Waals surface area contributed by atoms with E-state index < -0.39 is 0 Å². The first kappa shape index (κ1) is 12.6. The number of benzene rings is 1. The third kappa shape index (κ3) is 2.89. The van der Waals surface area contributed by atoms with Crippen LogP contribution < -0.4 is 10.6 Å². The molecule has 1 heterocycles. The molecule has 1 aliphatic heterocycles. The van der Waals surface area contributed by atoms with Crippen LogP contribution in [0.3, 0.4) is 0 Å². The maximum Gasteiger partial charge on any atom is 0.106 e. The summed E-state index contributed by atoms with van der Waals surface area (Å²) >= 11 is 11.0. The van der Waals surface area contributed by atoms with Crippen LogP contribution in [0, 0.1) is 0 Å². The van der Waals surface area contributed by atoms with Gasteiger partial charge in [-0.1, -0.05) is 23.8 Å². The summed E-state index contributed by atoms with van der Waals surface area (Å²) < 4.78 is 0. The molecule has 0 aromatic heterocycles. The maximum absolute atomic E-state index is 9.50. The Labute approximate surface area is 111 Å². The fourth-order valence-corrected chi connectivity index (χ4v) is 2.42. The summed E-state index contributed by atoms with van der Waals surface area (Å²) in [5.41, 5.74) is 7.53. The molecule has 0 unspecified atom stereocenters. The van der Waals surface area contributed by atoms with Gasteiger partial charge in [-0.15, -0.1) is 0 Å². The summed E-state index contributed by atoms with van der Waals surface area (Å²) in [6.45, 7) is 1.64. The van der Waals surface area contributed by atoms with Gasteiger partial charge in [-0.3, -0.25) is 0 Å². The molecule has 1 aromatic rings. The standard InChI is InChI=1S/C12H15ClN2OS/c13-8-1-2-11(10(7-8)12(14)17)15-5-3-9(16)4-6-15/h1-2,7,9,16H,3-6H2,(H2,14,17). The highest BCUT2D eigenvalue weighted by molar-refractivity contribution is 7.80. The van der Waals surface area contributed by atoms with E-state index in [1.165, 1.54) is 0 Å². The molecule has 0 amide bonds. The van der Waals surface area contributed by atoms with Crippen molar-refractivity contribution in [2.45, 2.75) is 18.9 Å². The van der Waals surface area contributed by atoms with Crippen molar-refractivity contribution in [3.63, 3.8) is 0 Å². The normalized spacial score (nSPS) is 17.2. The molecule has 0 atom stereocenters. The molecule has 1 aromatic carbocycles. The fraction of sp³-hybridized carbons (Fsp3) is 0.417. The topological polar surface area (TPSA) is 49.5 Å². The predicted octanol–water partition coefficient (Wildman–Crippen LogP) is 1.94. The molecule has 1 saturated heterocycles. The average Bonchev–Trinajstić information content (AvgIpc) is 2.30. The monoisotopic (exact) mass is 270 g/mol. The van der Waals surface area contributed by atoms with E-state index in [9.17, 15) is 5.11 Å². The van der Waals surface area contributed by atoms with E-state index in [1.54, 1.807) is 6.07 Å². The number of halogens is 1. The number of thiocarbonyl (C=S) groups is 1. The zero-order chi connectivity index (χ0) is 12.4. The van der Waals surface area contributed by atoms with Crippen molar-refractivity contribution >= 4 is 34.5 Å². The predicted molar refractivity (Wildman–Crippen MR) is 74.8 cm³/mol. The molecule has 0 saturated carbocycles. The molecule has 2 rings (SSSR count). The third-order valence-corrected chi connectivity index (χ3v) is 3.48. The van der Waals surface area contributed by atoms with Gasteiger partial charge >= 0.3 is 0 Å². The van der Waals surface area contributed by atoms with Crippen LogP contribution in [0.5, 0.6) is 0 Å². The number of aliphatic hydroxyl groups is 1. The van der Waals surface area contributed by atoms with Crippen molar-refractivity contribution in [1.82, 2.24) is 0 Å². The highest BCUT2D eigenvalue weighted by Gasteiger charge is 2.20. The third-order valence-electron chi connectivity index (χ3n) is 3.03. The van der Waals surface area contributed by atoms with Gasteiger partial charge < -0.3 is 15.7 Å². The highest BCUT2D eigenvalue weighted by atomic mass is 35.5. The Bertz CT molecular complexity index is 431. The van der Waals surface area contributed by atoms with E-state index in [-0.39, 0.29) is 6.10 Å². The molecule has 0 radical (unpaired) electrons. The maximum atomic E-state index is 9.50. The van der Waals surface area contributed by atoms with Crippen molar-refractivity contribution in [3.8, 4) is 0 Å². The minimum Gasteiger partial charge on any atom is -0.393 e. The van der Waals surface area contributed by atoms with Crippen molar-refractivity contribution in [1.29, 1.82) is 0 Å². The number of hydrogen-bond acceptors (Lipinski definition) is 3. The summed E-state index contributed by atoms with van der Waals surface area (Å²) in [5.74, 6) is 0. The molecule has 17 heavy (non-hydrogen) atoms. The van der Waals surface area contributed by atoms with Crippen LogP contribution >= 0.6 is 23.8 Å². The fourth-order valence-electron chi connectivity index (χ4n) is 2.09. The number of piperidine rings is 1. The minimum absolute atomic E-state index is 0.188. The van der Waals surface area contributed by atoms with Gasteiger partial charge in [0, 0.05) is 29.4 Å². The van der Waals surface area contributed by atoms with E-state index in [0.717, 1.165) is 37.2 Å². The molecule has 0 aliphatic carbocycles. The molecule has 1 aliphatic rings. The summed E-state index contributed by atoms with van der Waals surface area (Å²) in [7, 11) is 0. The summed E-state index contributed by atoms with van der Waals surface area (Å²) in [5, 5.41) is 10.1. The number of nitrogens with zero attached hydrogens (tertiary/aromatic N) is 1. The SMILES string of the molecule is NC(=S)c1cc(Cl)ccc1N1CCC(O)CC1. The highest BCUT2D eigenvalue weighted by Crippen LogP contribution is 2.27. The second-order valence-corrected chi connectivity index (χ2v) is 5.12. The zero-order valence-electron chi connectivity index (χ0n) is 9.40. The molecule has 3 nitrogen and oxygen atoms in total. The number of nitrogens with two attached hydrogens (primary N) is 1. The van der Waals surface area contributed by atoms with Crippen molar-refractivity contribution in [2.24, 2.45) is 5.73 Å². The molecular formula is C12H15ClN2OS. The zero-order valence-corrected chi connectivity index (χ0v) is 11.0. The van der Waals surface area contributed by atoms with Gasteiger partial charge in [-0.2, -0.15) is 0 Å². The molecule has 1 fully saturated rings. The number of anilines is 1. The number of rotatable bonds is 2. The van der Waals surface area contributed by atoms with Gasteiger partial charge in [0.15, 0.2) is 0 Å². The number of aliphatic hydroxyl groups excluding tert-OH is 1. The minimum atomic E-state index is -0.188. The Morgan fingerprint density at radius 1 is 1.41 bits per heavy atom. The Morgan fingerprint density at radius 2 is 2.06 bits per heavy atom. The van der Waals surface area contributed by atoms with Crippen LogP contribution in [0.4, 0.5) is 5.69 Å². The van der Waals surface area contributed by atoms with Crippen LogP contribution in [0.2, 0.25) is 5.02 Å². The Kier molecular flexibility index (Phi) is 3.86. The van der Waals surface area contributed by atoms with Crippen LogP contribution in [-0.2, 0) is 0 Å². The lowest BCUT2D eigenvalue weighted by Gasteiger charge is -2.32. The smallest absolute Gasteiger partial charge is 0.106 e. The van der Waals surface area contributed by atoms with Gasteiger partial charge in [0.2, 0.25) is 0 Å². The first-order chi connectivity index (χ1) is 8.08. The van der Waals surface area contributed by atoms with Gasteiger partial charge in [0.05, 0.1) is 6.10 Å². The summed E-state index contributed by atoms with van der Waals surface area (Å²) in [6, 6.07) is 5.57. The lowest BCUT2D eigenvalue weighted by Crippen LogP contribution is -2.36. The Morgan fingerprint density at radius 3 is 2.65 bits per heavy atom. The van der Waals surface area contributed by atoms with Gasteiger partial charge in [-0.25, -0.2) is 0 Å². The quantitative estimate of drug-likeness (QED) is 0.807. The lowest BCUT2D eigenvalue weighted by molar-refractivity contribution is 0.145. The van der Waals surface area contributed by atoms with E-state index in [1.807, 2.05) is 12.1 Å². The number of hydrogen-bond donors (Lipinski definition) is 2. The second-order valence-electron chi connectivity index (χ2n) is 4.24. The lowest BCUT2D eigenvalue weighted by atomic mass is 10.1. The molecule has 0 spiro atoms. The van der Waals surface area contributed by atoms with Crippen LogP contribution in [0.1, 0.15) is 18.4 Å². The summed E-state index contributed by atoms with van der Waals surface area (Å²) in [4.78, 5) is 2.55. The van der Waals surface area contributed by atoms with E-state index in [0.29, 0.717) is 10.0 Å². The van der Waals surface area contributed by atoms with E-state index in [2.05, 4.69) is 4.90 Å². The largest absolute Gasteiger partial charge is 0.393 e. The first-order valence-electron chi connectivity index (χ1n) is 5.60. The Balaban J connectivity index is 2.28.